The van der Waals surface area contributed by atoms with Crippen LogP contribution in [0.15, 0.2) is 76.5 Å². The lowest BCUT2D eigenvalue weighted by atomic mass is 9.99. The lowest BCUT2D eigenvalue weighted by molar-refractivity contribution is -0.113. The normalized spacial score (nSPS) is 11.9. The summed E-state index contributed by atoms with van der Waals surface area (Å²) in [7, 11) is 0. The molecular weight excluding hydrogens is 484 g/mol. The van der Waals surface area contributed by atoms with Crippen molar-refractivity contribution in [1.29, 1.82) is 0 Å². The van der Waals surface area contributed by atoms with Crippen molar-refractivity contribution in [2.45, 2.75) is 44.5 Å². The van der Waals surface area contributed by atoms with Gasteiger partial charge in [0.2, 0.25) is 5.91 Å². The molecule has 182 valence electrons. The van der Waals surface area contributed by atoms with Crippen LogP contribution < -0.4 is 10.1 Å². The van der Waals surface area contributed by atoms with Crippen LogP contribution in [-0.4, -0.2) is 26.4 Å². The summed E-state index contributed by atoms with van der Waals surface area (Å²) < 4.78 is 13.3. The average molecular weight is 511 g/mol. The Morgan fingerprint density at radius 3 is 2.60 bits per heavy atom. The Hall–Kier alpha value is -3.23. The number of carbonyl (C=O) groups excluding carboxylic acids is 1. The van der Waals surface area contributed by atoms with E-state index in [4.69, 9.17) is 20.8 Å². The van der Waals surface area contributed by atoms with Gasteiger partial charge >= 0.3 is 0 Å². The number of hydrogen-bond donors (Lipinski definition) is 1. The Labute approximate surface area is 213 Å². The third-order valence-corrected chi connectivity index (χ3v) is 6.80. The van der Waals surface area contributed by atoms with Crippen molar-refractivity contribution in [2.75, 3.05) is 11.1 Å². The Balaban J connectivity index is 1.40. The number of hydrogen-bond acceptors (Lipinski definition) is 6. The highest BCUT2D eigenvalue weighted by Crippen LogP contribution is 2.23. The van der Waals surface area contributed by atoms with Crippen molar-refractivity contribution in [3.63, 3.8) is 0 Å². The van der Waals surface area contributed by atoms with Gasteiger partial charge in [0.15, 0.2) is 11.0 Å². The molecule has 0 saturated heterocycles. The van der Waals surface area contributed by atoms with E-state index < -0.39 is 0 Å². The number of aromatic nitrogens is 3. The van der Waals surface area contributed by atoms with Crippen molar-refractivity contribution < 1.29 is 13.9 Å². The molecular formula is C26H27ClN4O3S. The number of ether oxygens (including phenoxy) is 1. The fourth-order valence-electron chi connectivity index (χ4n) is 3.39. The zero-order valence-electron chi connectivity index (χ0n) is 19.6. The van der Waals surface area contributed by atoms with Gasteiger partial charge in [-0.15, -0.1) is 10.2 Å². The predicted octanol–water partition coefficient (Wildman–Crippen LogP) is 6.40. The number of amides is 1. The largest absolute Gasteiger partial charge is 0.486 e. The van der Waals surface area contributed by atoms with Crippen molar-refractivity contribution in [3.8, 4) is 5.75 Å². The summed E-state index contributed by atoms with van der Waals surface area (Å²) in [5.41, 5.74) is 2.04. The minimum atomic E-state index is -0.113. The topological polar surface area (TPSA) is 82.2 Å². The van der Waals surface area contributed by atoms with Gasteiger partial charge in [-0.3, -0.25) is 9.36 Å². The summed E-state index contributed by atoms with van der Waals surface area (Å²) in [4.78, 5) is 12.6. The van der Waals surface area contributed by atoms with Gasteiger partial charge in [-0.25, -0.2) is 0 Å². The van der Waals surface area contributed by atoms with Crippen molar-refractivity contribution in [3.05, 3.63) is 89.1 Å². The molecule has 0 fully saturated rings. The molecule has 1 atom stereocenters. The fourth-order valence-corrected chi connectivity index (χ4v) is 4.27. The van der Waals surface area contributed by atoms with Gasteiger partial charge in [0.25, 0.3) is 0 Å². The molecule has 1 amide bonds. The summed E-state index contributed by atoms with van der Waals surface area (Å²) in [5, 5.41) is 12.8. The number of nitrogens with zero attached hydrogens (tertiary/aromatic N) is 3. The number of halogens is 1. The Bertz CT molecular complexity index is 1220. The second-order valence-electron chi connectivity index (χ2n) is 8.08. The van der Waals surface area contributed by atoms with Crippen LogP contribution in [0.3, 0.4) is 0 Å². The number of benzene rings is 2. The highest BCUT2D eigenvalue weighted by atomic mass is 35.5. The van der Waals surface area contributed by atoms with Crippen LogP contribution in [0, 0.1) is 0 Å². The molecule has 0 aliphatic rings. The first kappa shape index (κ1) is 24.9. The number of furan rings is 1. The van der Waals surface area contributed by atoms with Crippen molar-refractivity contribution in [2.24, 2.45) is 0 Å². The molecule has 2 aromatic carbocycles. The van der Waals surface area contributed by atoms with Gasteiger partial charge in [0.05, 0.1) is 18.6 Å². The molecule has 0 saturated carbocycles. The zero-order valence-corrected chi connectivity index (χ0v) is 21.2. The summed E-state index contributed by atoms with van der Waals surface area (Å²) >= 11 is 7.26. The lowest BCUT2D eigenvalue weighted by Crippen LogP contribution is -2.15. The van der Waals surface area contributed by atoms with Gasteiger partial charge in [-0.1, -0.05) is 49.3 Å². The first-order valence-electron chi connectivity index (χ1n) is 11.4. The Morgan fingerprint density at radius 1 is 1.14 bits per heavy atom. The Morgan fingerprint density at radius 2 is 1.91 bits per heavy atom. The van der Waals surface area contributed by atoms with Gasteiger partial charge in [0, 0.05) is 10.7 Å². The quantitative estimate of drug-likeness (QED) is 0.235. The van der Waals surface area contributed by atoms with Crippen molar-refractivity contribution >= 4 is 35.0 Å². The molecule has 4 aromatic rings. The number of rotatable bonds is 11. The molecule has 35 heavy (non-hydrogen) atoms. The van der Waals surface area contributed by atoms with Gasteiger partial charge in [-0.05, 0) is 66.4 Å². The number of nitrogens with one attached hydrogen (secondary N) is 1. The molecule has 7 nitrogen and oxygen atoms in total. The third kappa shape index (κ3) is 6.90. The molecule has 2 aromatic heterocycles. The first-order valence-corrected chi connectivity index (χ1v) is 12.7. The maximum absolute atomic E-state index is 12.6. The van der Waals surface area contributed by atoms with E-state index in [1.165, 1.54) is 17.3 Å². The third-order valence-electron chi connectivity index (χ3n) is 5.58. The maximum Gasteiger partial charge on any atom is 0.234 e. The van der Waals surface area contributed by atoms with Crippen LogP contribution in [0.1, 0.15) is 43.3 Å². The second-order valence-corrected chi connectivity index (χ2v) is 9.45. The molecule has 0 aliphatic heterocycles. The average Bonchev–Trinajstić information content (AvgIpc) is 3.53. The minimum absolute atomic E-state index is 0.113. The van der Waals surface area contributed by atoms with Crippen LogP contribution in [0.25, 0.3) is 0 Å². The number of thioether (sulfide) groups is 1. The molecule has 1 unspecified atom stereocenters. The molecule has 0 spiro atoms. The van der Waals surface area contributed by atoms with E-state index in [9.17, 15) is 4.79 Å². The van der Waals surface area contributed by atoms with Crippen LogP contribution in [-0.2, 0) is 17.9 Å². The molecule has 0 bridgehead atoms. The van der Waals surface area contributed by atoms with Crippen molar-refractivity contribution in [1.82, 2.24) is 14.8 Å². The number of anilines is 1. The fraction of sp³-hybridized carbons (Fsp3) is 0.269. The SMILES string of the molecule is CCC(C)c1ccc(NC(=O)CSc2nnc(COc3ccc(Cl)cc3)n2Cc2ccco2)cc1. The Kier molecular flexibility index (Phi) is 8.50. The van der Waals surface area contributed by atoms with E-state index in [-0.39, 0.29) is 18.3 Å². The minimum Gasteiger partial charge on any atom is -0.486 e. The second kappa shape index (κ2) is 12.0. The van der Waals surface area contributed by atoms with Gasteiger partial charge in [0.1, 0.15) is 18.1 Å². The standard InChI is InChI=1S/C26H27ClN4O3S/c1-3-18(2)19-6-10-21(11-7-19)28-25(32)17-35-26-30-29-24(31(26)15-23-5-4-14-33-23)16-34-22-12-8-20(27)9-13-22/h4-14,18H,3,15-17H2,1-2H3,(H,28,32). The molecule has 1 N–H and O–H groups in total. The highest BCUT2D eigenvalue weighted by Gasteiger charge is 2.16. The predicted molar refractivity (Wildman–Crippen MR) is 138 cm³/mol. The van der Waals surface area contributed by atoms with E-state index in [0.29, 0.717) is 34.2 Å². The summed E-state index contributed by atoms with van der Waals surface area (Å²) in [6, 6.07) is 18.8. The van der Waals surface area contributed by atoms with E-state index in [0.717, 1.165) is 17.9 Å². The molecule has 0 aliphatic carbocycles. The number of carbonyl (C=O) groups is 1. The smallest absolute Gasteiger partial charge is 0.234 e. The van der Waals surface area contributed by atoms with E-state index in [1.54, 1.807) is 30.5 Å². The van der Waals surface area contributed by atoms with Crippen LogP contribution in [0.5, 0.6) is 5.75 Å². The zero-order chi connectivity index (χ0) is 24.6. The van der Waals surface area contributed by atoms with Crippen LogP contribution in [0.4, 0.5) is 5.69 Å². The lowest BCUT2D eigenvalue weighted by Gasteiger charge is -2.11. The van der Waals surface area contributed by atoms with Crippen LogP contribution >= 0.6 is 23.4 Å². The highest BCUT2D eigenvalue weighted by molar-refractivity contribution is 7.99. The molecule has 0 radical (unpaired) electrons. The first-order chi connectivity index (χ1) is 17.0. The van der Waals surface area contributed by atoms with E-state index in [1.807, 2.05) is 28.8 Å². The maximum atomic E-state index is 12.6. The van der Waals surface area contributed by atoms with Crippen LogP contribution in [0.2, 0.25) is 5.02 Å². The summed E-state index contributed by atoms with van der Waals surface area (Å²) in [6.07, 6.45) is 2.70. The van der Waals surface area contributed by atoms with E-state index >= 15 is 0 Å². The molecule has 4 rings (SSSR count). The van der Waals surface area contributed by atoms with Gasteiger partial charge in [-0.2, -0.15) is 0 Å². The summed E-state index contributed by atoms with van der Waals surface area (Å²) in [6.45, 7) is 5.00. The molecule has 2 heterocycles. The molecule has 9 heteroatoms. The van der Waals surface area contributed by atoms with Gasteiger partial charge < -0.3 is 14.5 Å². The van der Waals surface area contributed by atoms with E-state index in [2.05, 4.69) is 41.5 Å². The summed E-state index contributed by atoms with van der Waals surface area (Å²) in [5.74, 6) is 2.63. The monoisotopic (exact) mass is 510 g/mol.